The monoisotopic (exact) mass is 247 g/mol. The lowest BCUT2D eigenvalue weighted by molar-refractivity contribution is 1.05. The number of hydrogen-bond donors (Lipinski definition) is 0. The van der Waals surface area contributed by atoms with Crippen molar-refractivity contribution in [3.63, 3.8) is 0 Å². The summed E-state index contributed by atoms with van der Waals surface area (Å²) < 4.78 is 0.946. The van der Waals surface area contributed by atoms with E-state index < -0.39 is 0 Å². The SMILES string of the molecule is Cc1c(Br)ccc(CN=O)c1Cl. The van der Waals surface area contributed by atoms with Gasteiger partial charge in [0.05, 0.1) is 0 Å². The Morgan fingerprint density at radius 1 is 1.58 bits per heavy atom. The molecule has 0 saturated carbocycles. The first-order valence-corrected chi connectivity index (χ1v) is 4.56. The maximum Gasteiger partial charge on any atom is 0.108 e. The summed E-state index contributed by atoms with van der Waals surface area (Å²) in [5.41, 5.74) is 1.71. The van der Waals surface area contributed by atoms with Crippen LogP contribution in [-0.4, -0.2) is 0 Å². The summed E-state index contributed by atoms with van der Waals surface area (Å²) in [5.74, 6) is 0. The molecule has 0 heterocycles. The van der Waals surface area contributed by atoms with E-state index in [1.807, 2.05) is 13.0 Å². The van der Waals surface area contributed by atoms with Crippen LogP contribution < -0.4 is 0 Å². The minimum absolute atomic E-state index is 0.132. The van der Waals surface area contributed by atoms with Crippen molar-refractivity contribution in [1.29, 1.82) is 0 Å². The highest BCUT2D eigenvalue weighted by Gasteiger charge is 2.05. The molecule has 0 atom stereocenters. The van der Waals surface area contributed by atoms with E-state index in [-0.39, 0.29) is 6.54 Å². The Labute approximate surface area is 84.0 Å². The molecule has 1 aromatic rings. The van der Waals surface area contributed by atoms with Gasteiger partial charge in [0.25, 0.3) is 0 Å². The first-order chi connectivity index (χ1) is 5.66. The van der Waals surface area contributed by atoms with Crippen LogP contribution in [0.2, 0.25) is 5.02 Å². The Balaban J connectivity index is 3.16. The van der Waals surface area contributed by atoms with Gasteiger partial charge in [-0.3, -0.25) is 0 Å². The second-order valence-corrected chi connectivity index (χ2v) is 3.67. The number of nitrogens with zero attached hydrogens (tertiary/aromatic N) is 1. The fraction of sp³-hybridized carbons (Fsp3) is 0.250. The van der Waals surface area contributed by atoms with Crippen LogP contribution >= 0.6 is 27.5 Å². The summed E-state index contributed by atoms with van der Waals surface area (Å²) in [7, 11) is 0. The third-order valence-corrected chi connectivity index (χ3v) is 3.02. The Kier molecular flexibility index (Phi) is 3.23. The molecule has 0 saturated heterocycles. The molecule has 0 aliphatic heterocycles. The van der Waals surface area contributed by atoms with E-state index in [4.69, 9.17) is 11.6 Å². The van der Waals surface area contributed by atoms with Crippen molar-refractivity contribution in [3.05, 3.63) is 37.7 Å². The van der Waals surface area contributed by atoms with Crippen molar-refractivity contribution < 1.29 is 0 Å². The molecule has 1 rings (SSSR count). The molecule has 0 unspecified atom stereocenters. The predicted octanol–water partition coefficient (Wildman–Crippen LogP) is 3.68. The fourth-order valence-corrected chi connectivity index (χ4v) is 1.58. The highest BCUT2D eigenvalue weighted by Crippen LogP contribution is 2.27. The summed E-state index contributed by atoms with van der Waals surface area (Å²) in [5, 5.41) is 3.40. The highest BCUT2D eigenvalue weighted by atomic mass is 79.9. The summed E-state index contributed by atoms with van der Waals surface area (Å²) in [4.78, 5) is 10.0. The normalized spacial score (nSPS) is 9.92. The summed E-state index contributed by atoms with van der Waals surface area (Å²) in [6.45, 7) is 2.02. The van der Waals surface area contributed by atoms with E-state index in [9.17, 15) is 4.91 Å². The van der Waals surface area contributed by atoms with Crippen LogP contribution in [0.25, 0.3) is 0 Å². The molecular weight excluding hydrogens is 241 g/mol. The topological polar surface area (TPSA) is 29.4 Å². The highest BCUT2D eigenvalue weighted by molar-refractivity contribution is 9.10. The third-order valence-electron chi connectivity index (χ3n) is 1.64. The number of nitroso groups, excluding NO2 is 1. The van der Waals surface area contributed by atoms with Crippen molar-refractivity contribution >= 4 is 27.5 Å². The summed E-state index contributed by atoms with van der Waals surface area (Å²) in [6, 6.07) is 3.66. The van der Waals surface area contributed by atoms with Crippen LogP contribution in [0.1, 0.15) is 11.1 Å². The molecular formula is C8H7BrClNO. The molecule has 0 amide bonds. The molecule has 0 aliphatic rings. The molecule has 0 aromatic heterocycles. The van der Waals surface area contributed by atoms with Crippen LogP contribution in [0.5, 0.6) is 0 Å². The Hall–Kier alpha value is -0.410. The average molecular weight is 249 g/mol. The van der Waals surface area contributed by atoms with Crippen LogP contribution in [0.15, 0.2) is 21.8 Å². The Morgan fingerprint density at radius 3 is 2.83 bits per heavy atom. The molecule has 0 fully saturated rings. The second-order valence-electron chi connectivity index (χ2n) is 2.43. The third kappa shape index (κ3) is 1.84. The van der Waals surface area contributed by atoms with E-state index in [0.29, 0.717) is 5.02 Å². The van der Waals surface area contributed by atoms with Gasteiger partial charge >= 0.3 is 0 Å². The first-order valence-electron chi connectivity index (χ1n) is 3.39. The molecule has 0 aliphatic carbocycles. The summed E-state index contributed by atoms with van der Waals surface area (Å²) >= 11 is 9.29. The smallest absolute Gasteiger partial charge is 0.108 e. The predicted molar refractivity (Wildman–Crippen MR) is 53.4 cm³/mol. The van der Waals surface area contributed by atoms with Gasteiger partial charge < -0.3 is 0 Å². The first kappa shape index (κ1) is 9.68. The molecule has 1 aromatic carbocycles. The molecule has 64 valence electrons. The van der Waals surface area contributed by atoms with Gasteiger partial charge in [0.1, 0.15) is 6.54 Å². The minimum atomic E-state index is 0.132. The maximum absolute atomic E-state index is 10.0. The maximum atomic E-state index is 10.0. The van der Waals surface area contributed by atoms with Crippen LogP contribution in [0, 0.1) is 11.8 Å². The van der Waals surface area contributed by atoms with Crippen LogP contribution in [-0.2, 0) is 6.54 Å². The van der Waals surface area contributed by atoms with Crippen molar-refractivity contribution in [2.75, 3.05) is 0 Å². The number of halogens is 2. The Morgan fingerprint density at radius 2 is 2.25 bits per heavy atom. The standard InChI is InChI=1S/C8H7BrClNO/c1-5-7(9)3-2-6(4-11-12)8(5)10/h2-3H,4H2,1H3. The van der Waals surface area contributed by atoms with E-state index in [1.54, 1.807) is 6.07 Å². The lowest BCUT2D eigenvalue weighted by atomic mass is 10.1. The van der Waals surface area contributed by atoms with Crippen molar-refractivity contribution in [2.24, 2.45) is 5.18 Å². The van der Waals surface area contributed by atoms with E-state index >= 15 is 0 Å². The van der Waals surface area contributed by atoms with Crippen LogP contribution in [0.4, 0.5) is 0 Å². The van der Waals surface area contributed by atoms with Gasteiger partial charge in [0, 0.05) is 9.50 Å². The van der Waals surface area contributed by atoms with Gasteiger partial charge in [0.2, 0.25) is 0 Å². The number of benzene rings is 1. The van der Waals surface area contributed by atoms with Gasteiger partial charge in [-0.05, 0) is 24.1 Å². The number of rotatable bonds is 2. The zero-order valence-electron chi connectivity index (χ0n) is 6.47. The van der Waals surface area contributed by atoms with E-state index in [1.165, 1.54) is 0 Å². The fourth-order valence-electron chi connectivity index (χ4n) is 0.909. The minimum Gasteiger partial charge on any atom is -0.150 e. The van der Waals surface area contributed by atoms with E-state index in [0.717, 1.165) is 15.6 Å². The Bertz CT molecular complexity index is 314. The van der Waals surface area contributed by atoms with Gasteiger partial charge in [0.15, 0.2) is 0 Å². The quantitative estimate of drug-likeness (QED) is 0.734. The second kappa shape index (κ2) is 4.01. The van der Waals surface area contributed by atoms with Gasteiger partial charge in [-0.25, -0.2) is 0 Å². The van der Waals surface area contributed by atoms with Crippen LogP contribution in [0.3, 0.4) is 0 Å². The zero-order chi connectivity index (χ0) is 9.14. The lowest BCUT2D eigenvalue weighted by Gasteiger charge is -2.04. The van der Waals surface area contributed by atoms with Crippen molar-refractivity contribution in [2.45, 2.75) is 13.5 Å². The molecule has 0 bridgehead atoms. The zero-order valence-corrected chi connectivity index (χ0v) is 8.82. The number of hydrogen-bond acceptors (Lipinski definition) is 2. The lowest BCUT2D eigenvalue weighted by Crippen LogP contribution is -1.86. The molecule has 0 spiro atoms. The van der Waals surface area contributed by atoms with Gasteiger partial charge in [-0.1, -0.05) is 38.8 Å². The van der Waals surface area contributed by atoms with Crippen molar-refractivity contribution in [3.8, 4) is 0 Å². The molecule has 4 heteroatoms. The van der Waals surface area contributed by atoms with E-state index in [2.05, 4.69) is 21.1 Å². The van der Waals surface area contributed by atoms with Crippen molar-refractivity contribution in [1.82, 2.24) is 0 Å². The molecule has 2 nitrogen and oxygen atoms in total. The average Bonchev–Trinajstić information content (AvgIpc) is 2.07. The molecule has 0 radical (unpaired) electrons. The van der Waals surface area contributed by atoms with Gasteiger partial charge in [-0.15, -0.1) is 0 Å². The van der Waals surface area contributed by atoms with Gasteiger partial charge in [-0.2, -0.15) is 4.91 Å². The largest absolute Gasteiger partial charge is 0.150 e. The molecule has 12 heavy (non-hydrogen) atoms. The molecule has 0 N–H and O–H groups in total. The summed E-state index contributed by atoms with van der Waals surface area (Å²) in [6.07, 6.45) is 0.